The van der Waals surface area contributed by atoms with Crippen LogP contribution in [-0.2, 0) is 13.5 Å². The van der Waals surface area contributed by atoms with Crippen LogP contribution in [0.5, 0.6) is 0 Å². The van der Waals surface area contributed by atoms with Crippen LogP contribution in [0, 0.1) is 0 Å². The fourth-order valence-electron chi connectivity index (χ4n) is 1.89. The highest BCUT2D eigenvalue weighted by Crippen LogP contribution is 2.10. The lowest BCUT2D eigenvalue weighted by molar-refractivity contribution is 0.577. The predicted octanol–water partition coefficient (Wildman–Crippen LogP) is 2.31. The molecule has 1 N–H and O–H groups in total. The van der Waals surface area contributed by atoms with Gasteiger partial charge in [-0.05, 0) is 31.0 Å². The summed E-state index contributed by atoms with van der Waals surface area (Å²) in [5, 5.41) is 7.68. The summed E-state index contributed by atoms with van der Waals surface area (Å²) in [5.41, 5.74) is 2.61. The van der Waals surface area contributed by atoms with Crippen LogP contribution in [-0.4, -0.2) is 16.3 Å². The maximum Gasteiger partial charge on any atom is 0.0522 e. The molecule has 1 aromatic carbocycles. The molecule has 1 aromatic heterocycles. The van der Waals surface area contributed by atoms with Gasteiger partial charge in [0.2, 0.25) is 0 Å². The normalized spacial score (nSPS) is 12.6. The van der Waals surface area contributed by atoms with E-state index in [1.807, 2.05) is 24.0 Å². The fourth-order valence-corrected chi connectivity index (χ4v) is 1.89. The summed E-state index contributed by atoms with van der Waals surface area (Å²) < 4.78 is 1.84. The maximum atomic E-state index is 4.16. The zero-order chi connectivity index (χ0) is 12.1. The molecule has 0 radical (unpaired) electrons. The largest absolute Gasteiger partial charge is 0.310 e. The van der Waals surface area contributed by atoms with E-state index in [9.17, 15) is 0 Å². The van der Waals surface area contributed by atoms with Crippen molar-refractivity contribution in [3.8, 4) is 0 Å². The summed E-state index contributed by atoms with van der Waals surface area (Å²) in [6.45, 7) is 3.17. The Hall–Kier alpha value is -1.61. The van der Waals surface area contributed by atoms with Gasteiger partial charge in [0.25, 0.3) is 0 Å². The Morgan fingerprint density at radius 2 is 2.06 bits per heavy atom. The van der Waals surface area contributed by atoms with Gasteiger partial charge < -0.3 is 5.32 Å². The number of aromatic nitrogens is 2. The molecule has 0 bridgehead atoms. The Bertz CT molecular complexity index is 448. The molecule has 0 saturated carbocycles. The van der Waals surface area contributed by atoms with Gasteiger partial charge >= 0.3 is 0 Å². The Morgan fingerprint density at radius 3 is 2.71 bits per heavy atom. The fraction of sp³-hybridized carbons (Fsp3) is 0.357. The van der Waals surface area contributed by atoms with Crippen LogP contribution in [0.2, 0.25) is 0 Å². The summed E-state index contributed by atoms with van der Waals surface area (Å²) in [5.74, 6) is 0. The van der Waals surface area contributed by atoms with Crippen molar-refractivity contribution < 1.29 is 0 Å². The number of nitrogens with one attached hydrogen (secondary N) is 1. The van der Waals surface area contributed by atoms with Crippen LogP contribution in [0.3, 0.4) is 0 Å². The predicted molar refractivity (Wildman–Crippen MR) is 69.8 cm³/mol. The second kappa shape index (κ2) is 5.64. The molecule has 0 aliphatic heterocycles. The molecule has 17 heavy (non-hydrogen) atoms. The average molecular weight is 229 g/mol. The monoisotopic (exact) mass is 229 g/mol. The summed E-state index contributed by atoms with van der Waals surface area (Å²) >= 11 is 0. The molecular weight excluding hydrogens is 210 g/mol. The van der Waals surface area contributed by atoms with Gasteiger partial charge in [-0.15, -0.1) is 0 Å². The number of hydrogen-bond acceptors (Lipinski definition) is 2. The third-order valence-corrected chi connectivity index (χ3v) is 2.92. The third kappa shape index (κ3) is 3.43. The molecule has 0 fully saturated rings. The van der Waals surface area contributed by atoms with Gasteiger partial charge in [-0.1, -0.05) is 30.3 Å². The summed E-state index contributed by atoms with van der Waals surface area (Å²) in [4.78, 5) is 0. The third-order valence-electron chi connectivity index (χ3n) is 2.92. The van der Waals surface area contributed by atoms with E-state index < -0.39 is 0 Å². The van der Waals surface area contributed by atoms with Crippen molar-refractivity contribution in [2.45, 2.75) is 19.4 Å². The molecule has 0 amide bonds. The van der Waals surface area contributed by atoms with Crippen molar-refractivity contribution in [3.05, 3.63) is 53.9 Å². The van der Waals surface area contributed by atoms with Crippen molar-refractivity contribution in [1.82, 2.24) is 15.1 Å². The summed E-state index contributed by atoms with van der Waals surface area (Å²) in [7, 11) is 1.95. The molecule has 1 heterocycles. The van der Waals surface area contributed by atoms with E-state index in [1.54, 1.807) is 0 Å². The molecule has 0 spiro atoms. The van der Waals surface area contributed by atoms with Crippen LogP contribution in [0.25, 0.3) is 0 Å². The van der Waals surface area contributed by atoms with E-state index in [4.69, 9.17) is 0 Å². The molecule has 0 aliphatic carbocycles. The molecule has 90 valence electrons. The van der Waals surface area contributed by atoms with Crippen molar-refractivity contribution in [3.63, 3.8) is 0 Å². The molecular formula is C14H19N3. The van der Waals surface area contributed by atoms with E-state index in [2.05, 4.69) is 47.8 Å². The number of nitrogens with zero attached hydrogens (tertiary/aromatic N) is 2. The number of rotatable bonds is 5. The minimum Gasteiger partial charge on any atom is -0.310 e. The van der Waals surface area contributed by atoms with E-state index in [1.165, 1.54) is 11.1 Å². The van der Waals surface area contributed by atoms with Gasteiger partial charge in [0.05, 0.1) is 6.20 Å². The minimum absolute atomic E-state index is 0.396. The molecule has 3 heteroatoms. The first-order chi connectivity index (χ1) is 8.25. The van der Waals surface area contributed by atoms with Crippen LogP contribution in [0.15, 0.2) is 42.7 Å². The van der Waals surface area contributed by atoms with Gasteiger partial charge in [0.15, 0.2) is 0 Å². The van der Waals surface area contributed by atoms with Gasteiger partial charge in [-0.2, -0.15) is 5.10 Å². The number of aryl methyl sites for hydroxylation is 1. The molecule has 0 aliphatic rings. The van der Waals surface area contributed by atoms with Crippen LogP contribution in [0.1, 0.15) is 24.1 Å². The highest BCUT2D eigenvalue weighted by atomic mass is 15.2. The lowest BCUT2D eigenvalue weighted by Crippen LogP contribution is -2.21. The Balaban J connectivity index is 1.79. The van der Waals surface area contributed by atoms with Crippen molar-refractivity contribution >= 4 is 0 Å². The first-order valence-electron chi connectivity index (χ1n) is 6.01. The van der Waals surface area contributed by atoms with Crippen molar-refractivity contribution in [2.75, 3.05) is 6.54 Å². The second-order valence-corrected chi connectivity index (χ2v) is 4.36. The lowest BCUT2D eigenvalue weighted by atomic mass is 10.1. The molecule has 0 saturated heterocycles. The molecule has 2 aromatic rings. The Kier molecular flexibility index (Phi) is 3.94. The van der Waals surface area contributed by atoms with Crippen molar-refractivity contribution in [2.24, 2.45) is 7.05 Å². The molecule has 1 atom stereocenters. The van der Waals surface area contributed by atoms with E-state index in [-0.39, 0.29) is 0 Å². The average Bonchev–Trinajstić information content (AvgIpc) is 2.76. The maximum absolute atomic E-state index is 4.16. The zero-order valence-electron chi connectivity index (χ0n) is 10.4. The highest BCUT2D eigenvalue weighted by molar-refractivity contribution is 5.18. The van der Waals surface area contributed by atoms with Crippen LogP contribution >= 0.6 is 0 Å². The summed E-state index contributed by atoms with van der Waals surface area (Å²) in [6, 6.07) is 10.9. The van der Waals surface area contributed by atoms with Gasteiger partial charge in [0, 0.05) is 19.3 Å². The SMILES string of the molecule is CC(NCCc1cnn(C)c1)c1ccccc1. The van der Waals surface area contributed by atoms with Crippen molar-refractivity contribution in [1.29, 1.82) is 0 Å². The zero-order valence-corrected chi connectivity index (χ0v) is 10.4. The van der Waals surface area contributed by atoms with Gasteiger partial charge in [0.1, 0.15) is 0 Å². The Morgan fingerprint density at radius 1 is 1.29 bits per heavy atom. The quantitative estimate of drug-likeness (QED) is 0.852. The first-order valence-corrected chi connectivity index (χ1v) is 6.01. The van der Waals surface area contributed by atoms with E-state index >= 15 is 0 Å². The first kappa shape index (κ1) is 11.9. The molecule has 3 nitrogen and oxygen atoms in total. The Labute approximate surface area is 102 Å². The van der Waals surface area contributed by atoms with Gasteiger partial charge in [-0.3, -0.25) is 4.68 Å². The molecule has 2 rings (SSSR count). The van der Waals surface area contributed by atoms with Gasteiger partial charge in [-0.25, -0.2) is 0 Å². The standard InChI is InChI=1S/C14H19N3/c1-12(14-6-4-3-5-7-14)15-9-8-13-10-16-17(2)11-13/h3-7,10-12,15H,8-9H2,1-2H3. The summed E-state index contributed by atoms with van der Waals surface area (Å²) in [6.07, 6.45) is 5.01. The minimum atomic E-state index is 0.396. The smallest absolute Gasteiger partial charge is 0.0522 e. The van der Waals surface area contributed by atoms with Crippen LogP contribution < -0.4 is 5.32 Å². The lowest BCUT2D eigenvalue weighted by Gasteiger charge is -2.13. The van der Waals surface area contributed by atoms with E-state index in [0.29, 0.717) is 6.04 Å². The number of benzene rings is 1. The highest BCUT2D eigenvalue weighted by Gasteiger charge is 2.03. The topological polar surface area (TPSA) is 29.9 Å². The number of hydrogen-bond donors (Lipinski definition) is 1. The van der Waals surface area contributed by atoms with E-state index in [0.717, 1.165) is 13.0 Å². The van der Waals surface area contributed by atoms with Crippen LogP contribution in [0.4, 0.5) is 0 Å². The molecule has 1 unspecified atom stereocenters. The second-order valence-electron chi connectivity index (χ2n) is 4.36.